The van der Waals surface area contributed by atoms with Gasteiger partial charge in [-0.15, -0.1) is 0 Å². The molecule has 3 aromatic rings. The van der Waals surface area contributed by atoms with E-state index in [-0.39, 0.29) is 11.8 Å². The summed E-state index contributed by atoms with van der Waals surface area (Å²) in [5.74, 6) is 1.03. The van der Waals surface area contributed by atoms with Gasteiger partial charge in [-0.05, 0) is 42.7 Å². The highest BCUT2D eigenvalue weighted by molar-refractivity contribution is 6.12. The van der Waals surface area contributed by atoms with Crippen molar-refractivity contribution in [2.45, 2.75) is 18.9 Å². The fraction of sp³-hybridized carbons (Fsp3) is 0.190. The molecule has 0 unspecified atom stereocenters. The third kappa shape index (κ3) is 2.95. The van der Waals surface area contributed by atoms with Crippen molar-refractivity contribution in [2.75, 3.05) is 18.2 Å². The number of fused-ring (bicyclic) bond motifs is 1. The van der Waals surface area contributed by atoms with Crippen LogP contribution in [0.2, 0.25) is 0 Å². The number of nitriles is 1. The normalized spacial score (nSPS) is 14.9. The summed E-state index contributed by atoms with van der Waals surface area (Å²) in [5, 5.41) is 21.1. The predicted octanol–water partition coefficient (Wildman–Crippen LogP) is 3.65. The first-order valence-electron chi connectivity index (χ1n) is 8.86. The summed E-state index contributed by atoms with van der Waals surface area (Å²) in [5.41, 5.74) is 10.9. The van der Waals surface area contributed by atoms with Gasteiger partial charge in [-0.2, -0.15) is 5.26 Å². The lowest BCUT2D eigenvalue weighted by atomic mass is 10.0. The van der Waals surface area contributed by atoms with Crippen LogP contribution in [0.5, 0.6) is 5.75 Å². The van der Waals surface area contributed by atoms with E-state index < -0.39 is 0 Å². The quantitative estimate of drug-likeness (QED) is 0.464. The average molecular weight is 373 g/mol. The topological polar surface area (TPSA) is 121 Å². The minimum atomic E-state index is 0.0904. The fourth-order valence-corrected chi connectivity index (χ4v) is 3.68. The first kappa shape index (κ1) is 17.6. The van der Waals surface area contributed by atoms with Crippen LogP contribution < -0.4 is 15.8 Å². The van der Waals surface area contributed by atoms with E-state index in [2.05, 4.69) is 16.4 Å². The maximum Gasteiger partial charge on any atom is 0.181 e. The van der Waals surface area contributed by atoms with Crippen LogP contribution in [0.4, 0.5) is 11.4 Å². The summed E-state index contributed by atoms with van der Waals surface area (Å²) >= 11 is 0. The van der Waals surface area contributed by atoms with Gasteiger partial charge in [-0.1, -0.05) is 6.07 Å². The molecule has 0 saturated carbocycles. The summed E-state index contributed by atoms with van der Waals surface area (Å²) in [7, 11) is 1.60. The van der Waals surface area contributed by atoms with Crippen molar-refractivity contribution in [1.82, 2.24) is 4.98 Å². The Balaban J connectivity index is 1.63. The molecule has 0 aliphatic heterocycles. The minimum absolute atomic E-state index is 0.0904. The van der Waals surface area contributed by atoms with Crippen LogP contribution in [-0.4, -0.2) is 17.8 Å². The summed E-state index contributed by atoms with van der Waals surface area (Å²) < 4.78 is 10.7. The van der Waals surface area contributed by atoms with E-state index >= 15 is 0 Å². The van der Waals surface area contributed by atoms with E-state index in [4.69, 9.17) is 20.3 Å². The third-order valence-electron chi connectivity index (χ3n) is 5.02. The van der Waals surface area contributed by atoms with E-state index in [0.29, 0.717) is 28.3 Å². The SMILES string of the molecule is COc1c(C#N)ccc2c1CC[C@H]2Nc1ccc(N)c(C(=N)c2cnco2)c1. The van der Waals surface area contributed by atoms with Crippen molar-refractivity contribution in [2.24, 2.45) is 0 Å². The Bertz CT molecular complexity index is 1080. The smallest absolute Gasteiger partial charge is 0.181 e. The first-order chi connectivity index (χ1) is 13.6. The lowest BCUT2D eigenvalue weighted by Crippen LogP contribution is -2.10. The standard InChI is InChI=1S/C21H19N5O2/c1-27-21-12(9-22)2-4-14-15(21)5-7-18(14)26-13-3-6-17(23)16(8-13)20(24)19-10-25-11-28-19/h2-4,6,8,10-11,18,24,26H,5,7,23H2,1H3/t18-/m1/s1. The van der Waals surface area contributed by atoms with Crippen molar-refractivity contribution in [1.29, 1.82) is 10.7 Å². The molecular formula is C21H19N5O2. The molecule has 4 N–H and O–H groups in total. The highest BCUT2D eigenvalue weighted by Crippen LogP contribution is 2.40. The molecule has 0 amide bonds. The third-order valence-corrected chi connectivity index (χ3v) is 5.02. The van der Waals surface area contributed by atoms with Crippen LogP contribution in [0.3, 0.4) is 0 Å². The molecule has 1 heterocycles. The maximum absolute atomic E-state index is 9.28. The van der Waals surface area contributed by atoms with Crippen molar-refractivity contribution < 1.29 is 9.15 Å². The van der Waals surface area contributed by atoms with E-state index in [0.717, 1.165) is 29.7 Å². The second-order valence-corrected chi connectivity index (χ2v) is 6.60. The van der Waals surface area contributed by atoms with Crippen molar-refractivity contribution in [3.63, 3.8) is 0 Å². The lowest BCUT2D eigenvalue weighted by molar-refractivity contribution is 0.409. The second-order valence-electron chi connectivity index (χ2n) is 6.60. The molecule has 0 radical (unpaired) electrons. The van der Waals surface area contributed by atoms with Gasteiger partial charge in [0.05, 0.1) is 24.9 Å². The van der Waals surface area contributed by atoms with Crippen LogP contribution in [0.25, 0.3) is 0 Å². The van der Waals surface area contributed by atoms with Crippen molar-refractivity contribution in [3.05, 3.63) is 70.9 Å². The number of nitrogens with zero attached hydrogens (tertiary/aromatic N) is 2. The molecule has 28 heavy (non-hydrogen) atoms. The minimum Gasteiger partial charge on any atom is -0.495 e. The van der Waals surface area contributed by atoms with Gasteiger partial charge in [0.15, 0.2) is 12.2 Å². The van der Waals surface area contributed by atoms with Crippen molar-refractivity contribution in [3.8, 4) is 11.8 Å². The number of hydrogen-bond acceptors (Lipinski definition) is 7. The van der Waals surface area contributed by atoms with E-state index in [1.807, 2.05) is 18.2 Å². The van der Waals surface area contributed by atoms with Gasteiger partial charge in [-0.25, -0.2) is 4.98 Å². The molecule has 140 valence electrons. The van der Waals surface area contributed by atoms with Gasteiger partial charge in [-0.3, -0.25) is 5.41 Å². The molecular weight excluding hydrogens is 354 g/mol. The number of anilines is 2. The van der Waals surface area contributed by atoms with Gasteiger partial charge in [0, 0.05) is 22.5 Å². The summed E-state index contributed by atoms with van der Waals surface area (Å²) in [6, 6.07) is 11.6. The van der Waals surface area contributed by atoms with Gasteiger partial charge in [0.2, 0.25) is 0 Å². The summed E-state index contributed by atoms with van der Waals surface area (Å²) in [6.45, 7) is 0. The van der Waals surface area contributed by atoms with Gasteiger partial charge in [0.25, 0.3) is 0 Å². The molecule has 1 atom stereocenters. The zero-order chi connectivity index (χ0) is 19.7. The van der Waals surface area contributed by atoms with E-state index in [9.17, 15) is 5.26 Å². The highest BCUT2D eigenvalue weighted by Gasteiger charge is 2.27. The van der Waals surface area contributed by atoms with Gasteiger partial charge < -0.3 is 20.2 Å². The lowest BCUT2D eigenvalue weighted by Gasteiger charge is -2.18. The zero-order valence-electron chi connectivity index (χ0n) is 15.3. The van der Waals surface area contributed by atoms with Crippen molar-refractivity contribution >= 4 is 17.1 Å². The number of nitrogen functional groups attached to an aromatic ring is 1. The molecule has 0 fully saturated rings. The Morgan fingerprint density at radius 1 is 1.39 bits per heavy atom. The zero-order valence-corrected chi connectivity index (χ0v) is 15.3. The number of oxazole rings is 1. The molecule has 7 heteroatoms. The Labute approximate surface area is 162 Å². The number of aromatic nitrogens is 1. The molecule has 1 aliphatic rings. The number of hydrogen-bond donors (Lipinski definition) is 3. The number of nitrogens with two attached hydrogens (primary N) is 1. The molecule has 0 spiro atoms. The van der Waals surface area contributed by atoms with Gasteiger partial charge in [0.1, 0.15) is 17.5 Å². The van der Waals surface area contributed by atoms with Crippen LogP contribution in [0.1, 0.15) is 40.5 Å². The number of methoxy groups -OCH3 is 1. The molecule has 1 aliphatic carbocycles. The molecule has 0 saturated heterocycles. The van der Waals surface area contributed by atoms with Crippen LogP contribution in [0, 0.1) is 16.7 Å². The Kier molecular flexibility index (Phi) is 4.45. The van der Waals surface area contributed by atoms with Crippen LogP contribution in [-0.2, 0) is 6.42 Å². The highest BCUT2D eigenvalue weighted by atomic mass is 16.5. The predicted molar refractivity (Wildman–Crippen MR) is 106 cm³/mol. The molecule has 4 rings (SSSR count). The maximum atomic E-state index is 9.28. The number of benzene rings is 2. The van der Waals surface area contributed by atoms with E-state index in [1.54, 1.807) is 19.2 Å². The fourth-order valence-electron chi connectivity index (χ4n) is 3.68. The Morgan fingerprint density at radius 3 is 2.96 bits per heavy atom. The monoisotopic (exact) mass is 373 g/mol. The first-order valence-corrected chi connectivity index (χ1v) is 8.86. The molecule has 0 bridgehead atoms. The molecule has 1 aromatic heterocycles. The second kappa shape index (κ2) is 7.08. The Morgan fingerprint density at radius 2 is 2.25 bits per heavy atom. The number of ether oxygens (including phenoxy) is 1. The number of rotatable bonds is 5. The molecule has 7 nitrogen and oxygen atoms in total. The van der Waals surface area contributed by atoms with Crippen LogP contribution in [0.15, 0.2) is 47.3 Å². The van der Waals surface area contributed by atoms with Gasteiger partial charge >= 0.3 is 0 Å². The average Bonchev–Trinajstić information content (AvgIpc) is 3.38. The number of nitrogens with one attached hydrogen (secondary N) is 2. The summed E-state index contributed by atoms with van der Waals surface area (Å²) in [4.78, 5) is 3.86. The van der Waals surface area contributed by atoms with Crippen LogP contribution >= 0.6 is 0 Å². The summed E-state index contributed by atoms with van der Waals surface area (Å²) in [6.07, 6.45) is 4.51. The molecule has 2 aromatic carbocycles. The largest absolute Gasteiger partial charge is 0.495 e. The van der Waals surface area contributed by atoms with E-state index in [1.165, 1.54) is 12.6 Å². The Hall–Kier alpha value is -3.79.